The van der Waals surface area contributed by atoms with Gasteiger partial charge in [0.1, 0.15) is 43.1 Å². The van der Waals surface area contributed by atoms with E-state index >= 15 is 0 Å². The molecule has 0 aliphatic heterocycles. The number of pyridine rings is 1. The van der Waals surface area contributed by atoms with Crippen LogP contribution in [0.4, 0.5) is 67.9 Å². The van der Waals surface area contributed by atoms with Gasteiger partial charge in [-0.2, -0.15) is 50.7 Å². The first-order valence-corrected chi connectivity index (χ1v) is 28.9. The normalized spacial score (nSPS) is 12.4. The van der Waals surface area contributed by atoms with Gasteiger partial charge < -0.3 is 47.0 Å². The molecule has 0 spiro atoms. The molecule has 82 heavy (non-hydrogen) atoms. The molecule has 0 bridgehead atoms. The third kappa shape index (κ3) is 14.2. The Bertz CT molecular complexity index is 4300. The standard InChI is InChI=1S/C48H39Cl2N15O13S4/c1-23-33(18-51)42(56-28-13-14-35(50)38(16-28)82(76,77)78)58-43(55-26-11-7-25(49)8-12-26)41(23)63-64-44-34(19-52)40(45(79-44)65-62-29-15-32-31(37(17-29)81(73,74)75)3-2-4-36(32)80(70,71)72)24-5-9-27(10-6-24)57-48-60-46(53-20-30(67)22-66)59-47(61-48)54-21-39(68)69/h2-17,30,39,66-69H,20-22H2,1H3,(H2,55,56,58)(H,70,71,72)(H,73,74,75)(H,76,77,78)(H3,53,54,57,59,60,61). The van der Waals surface area contributed by atoms with Gasteiger partial charge in [0, 0.05) is 50.5 Å². The Labute approximate surface area is 478 Å². The van der Waals surface area contributed by atoms with Crippen molar-refractivity contribution in [1.29, 1.82) is 10.5 Å². The molecular formula is C48H39Cl2N15O13S4. The van der Waals surface area contributed by atoms with Crippen molar-refractivity contribution in [2.24, 2.45) is 20.5 Å². The van der Waals surface area contributed by atoms with Gasteiger partial charge in [-0.25, -0.2) is 4.98 Å². The summed E-state index contributed by atoms with van der Waals surface area (Å²) in [6.07, 6.45) is -2.97. The zero-order chi connectivity index (χ0) is 59.3. The highest BCUT2D eigenvalue weighted by atomic mass is 35.5. The van der Waals surface area contributed by atoms with E-state index in [1.807, 2.05) is 6.07 Å². The van der Waals surface area contributed by atoms with Crippen molar-refractivity contribution in [1.82, 2.24) is 19.9 Å². The molecule has 0 saturated carbocycles. The van der Waals surface area contributed by atoms with E-state index in [-0.39, 0.29) is 113 Å². The molecular weight excluding hydrogens is 1190 g/mol. The van der Waals surface area contributed by atoms with E-state index in [4.69, 9.17) is 23.2 Å². The van der Waals surface area contributed by atoms with Gasteiger partial charge in [-0.05, 0) is 85.3 Å². The number of nitrogens with zero attached hydrogens (tertiary/aromatic N) is 10. The van der Waals surface area contributed by atoms with Crippen LogP contribution in [0.2, 0.25) is 10.0 Å². The van der Waals surface area contributed by atoms with Crippen LogP contribution in [0.3, 0.4) is 0 Å². The van der Waals surface area contributed by atoms with E-state index in [1.165, 1.54) is 49.4 Å². The van der Waals surface area contributed by atoms with Crippen LogP contribution in [-0.2, 0) is 30.4 Å². The van der Waals surface area contributed by atoms with Crippen LogP contribution in [0.1, 0.15) is 16.7 Å². The number of azo groups is 2. The quantitative estimate of drug-likeness (QED) is 0.0181. The first-order valence-electron chi connectivity index (χ1n) is 23.0. The average Bonchev–Trinajstić information content (AvgIpc) is 3.62. The molecule has 1 unspecified atom stereocenters. The van der Waals surface area contributed by atoms with Crippen molar-refractivity contribution in [3.05, 3.63) is 124 Å². The Hall–Kier alpha value is -8.45. The number of thiophene rings is 1. The molecule has 0 aliphatic rings. The largest absolute Gasteiger partial charge is 0.394 e. The number of aliphatic hydroxyl groups excluding tert-OH is 3. The summed E-state index contributed by atoms with van der Waals surface area (Å²) >= 11 is 13.0. The minimum atomic E-state index is -5.08. The Balaban J connectivity index is 1.27. The van der Waals surface area contributed by atoms with Gasteiger partial charge in [-0.3, -0.25) is 13.7 Å². The number of nitrogens with one attached hydrogen (secondary N) is 5. The molecule has 8 rings (SSSR count). The second kappa shape index (κ2) is 24.7. The third-order valence-electron chi connectivity index (χ3n) is 11.3. The summed E-state index contributed by atoms with van der Waals surface area (Å²) in [5.74, 6) is -0.448. The Morgan fingerprint density at radius 3 is 1.82 bits per heavy atom. The number of halogens is 2. The molecule has 0 aliphatic carbocycles. The van der Waals surface area contributed by atoms with Crippen molar-refractivity contribution in [3.8, 4) is 23.3 Å². The van der Waals surface area contributed by atoms with Crippen LogP contribution in [0.15, 0.2) is 132 Å². The number of benzene rings is 5. The molecule has 3 aromatic heterocycles. The average molecular weight is 1230 g/mol. The summed E-state index contributed by atoms with van der Waals surface area (Å²) in [7, 11) is -14.9. The van der Waals surface area contributed by atoms with Crippen molar-refractivity contribution in [2.45, 2.75) is 34.0 Å². The van der Waals surface area contributed by atoms with Crippen molar-refractivity contribution >= 4 is 144 Å². The minimum Gasteiger partial charge on any atom is -0.394 e. The van der Waals surface area contributed by atoms with E-state index in [0.29, 0.717) is 16.4 Å². The van der Waals surface area contributed by atoms with Crippen LogP contribution in [0.25, 0.3) is 21.9 Å². The molecule has 0 radical (unpaired) electrons. The lowest BCUT2D eigenvalue weighted by Crippen LogP contribution is -2.25. The van der Waals surface area contributed by atoms with Crippen LogP contribution >= 0.6 is 34.5 Å². The maximum absolute atomic E-state index is 12.7. The smallest absolute Gasteiger partial charge is 0.296 e. The highest BCUT2D eigenvalue weighted by molar-refractivity contribution is 7.86. The first-order chi connectivity index (χ1) is 38.8. The summed E-state index contributed by atoms with van der Waals surface area (Å²) in [6, 6.07) is 25.5. The van der Waals surface area contributed by atoms with Gasteiger partial charge in [0.2, 0.25) is 17.8 Å². The summed E-state index contributed by atoms with van der Waals surface area (Å²) in [6.45, 7) is 0.372. The predicted octanol–water partition coefficient (Wildman–Crippen LogP) is 8.80. The first kappa shape index (κ1) is 59.7. The minimum absolute atomic E-state index is 0.0414. The number of hydrogen-bond acceptors (Lipinski definition) is 26. The number of hydrogen-bond donors (Lipinski definition) is 12. The van der Waals surface area contributed by atoms with Gasteiger partial charge in [-0.1, -0.05) is 58.8 Å². The molecule has 0 amide bonds. The zero-order valence-corrected chi connectivity index (χ0v) is 46.2. The molecule has 12 N–H and O–H groups in total. The highest BCUT2D eigenvalue weighted by Gasteiger charge is 2.26. The number of fused-ring (bicyclic) bond motifs is 1. The molecule has 0 saturated heterocycles. The second-order valence-electron chi connectivity index (χ2n) is 17.0. The monoisotopic (exact) mass is 1230 g/mol. The maximum atomic E-state index is 12.7. The Kier molecular flexibility index (Phi) is 18.0. The van der Waals surface area contributed by atoms with Crippen LogP contribution < -0.4 is 26.6 Å². The molecule has 5 aromatic carbocycles. The Morgan fingerprint density at radius 2 is 1.20 bits per heavy atom. The lowest BCUT2D eigenvalue weighted by molar-refractivity contribution is -0.0277. The van der Waals surface area contributed by atoms with E-state index in [9.17, 15) is 69.9 Å². The van der Waals surface area contributed by atoms with E-state index in [0.717, 1.165) is 41.7 Å². The lowest BCUT2D eigenvalue weighted by Gasteiger charge is -2.16. The molecule has 422 valence electrons. The molecule has 0 fully saturated rings. The van der Waals surface area contributed by atoms with Crippen molar-refractivity contribution < 1.29 is 59.3 Å². The fourth-order valence-electron chi connectivity index (χ4n) is 7.54. The highest BCUT2D eigenvalue weighted by Crippen LogP contribution is 2.49. The van der Waals surface area contributed by atoms with Gasteiger partial charge in [0.05, 0.1) is 35.5 Å². The number of aliphatic hydroxyl groups is 4. The topological polar surface area (TPSA) is 453 Å². The van der Waals surface area contributed by atoms with Gasteiger partial charge in [0.25, 0.3) is 30.4 Å². The van der Waals surface area contributed by atoms with E-state index in [2.05, 4.69) is 73.0 Å². The van der Waals surface area contributed by atoms with Gasteiger partial charge in [-0.15, -0.1) is 20.5 Å². The number of anilines is 8. The predicted molar refractivity (Wildman–Crippen MR) is 301 cm³/mol. The molecule has 28 nitrogen and oxygen atoms in total. The van der Waals surface area contributed by atoms with E-state index in [1.54, 1.807) is 24.3 Å². The zero-order valence-electron chi connectivity index (χ0n) is 41.5. The summed E-state index contributed by atoms with van der Waals surface area (Å²) in [5.41, 5.74) is 0.597. The lowest BCUT2D eigenvalue weighted by atomic mass is 10.0. The van der Waals surface area contributed by atoms with Crippen LogP contribution in [0.5, 0.6) is 0 Å². The fraction of sp³-hybridized carbons (Fsp3) is 0.125. The summed E-state index contributed by atoms with van der Waals surface area (Å²) in [5, 5.41) is 90.5. The van der Waals surface area contributed by atoms with E-state index < -0.39 is 64.0 Å². The summed E-state index contributed by atoms with van der Waals surface area (Å²) in [4.78, 5) is 15.1. The molecule has 34 heteroatoms. The van der Waals surface area contributed by atoms with Gasteiger partial charge in [0.15, 0.2) is 22.9 Å². The third-order valence-corrected chi connectivity index (χ3v) is 15.6. The molecule has 8 aromatic rings. The Morgan fingerprint density at radius 1 is 0.610 bits per heavy atom. The van der Waals surface area contributed by atoms with Crippen molar-refractivity contribution in [3.63, 3.8) is 0 Å². The number of aromatic nitrogens is 4. The molecule has 3 heterocycles. The molecule has 1 atom stereocenters. The maximum Gasteiger partial charge on any atom is 0.296 e. The number of rotatable bonds is 21. The number of nitriles is 2. The van der Waals surface area contributed by atoms with Gasteiger partial charge >= 0.3 is 0 Å². The fourth-order valence-corrected chi connectivity index (χ4v) is 11.0. The van der Waals surface area contributed by atoms with Crippen molar-refractivity contribution in [2.75, 3.05) is 46.3 Å². The van der Waals surface area contributed by atoms with Crippen LogP contribution in [-0.4, -0.2) is 111 Å². The SMILES string of the molecule is Cc1c(C#N)c(Nc2ccc(Cl)c(S(=O)(=O)O)c2)nc(Nc2ccc(Cl)cc2)c1N=Nc1sc(N=Nc2cc(S(=O)(=O)O)c3cccc(S(=O)(=O)O)c3c2)c(-c2ccc(Nc3nc(NCC(O)O)nc(NCC(O)CO)n3)cc2)c1C#N. The summed E-state index contributed by atoms with van der Waals surface area (Å²) < 4.78 is 105. The second-order valence-corrected chi connectivity index (χ2v) is 22.9. The van der Waals surface area contributed by atoms with Crippen LogP contribution in [0, 0.1) is 29.6 Å².